The van der Waals surface area contributed by atoms with Crippen molar-refractivity contribution >= 4 is 56.4 Å². The number of rotatable bonds is 14. The molecule has 0 aliphatic rings. The van der Waals surface area contributed by atoms with Crippen LogP contribution in [0.5, 0.6) is 5.75 Å². The monoisotopic (exact) mass is 712 g/mol. The number of benzene rings is 4. The molecule has 0 saturated heterocycles. The molecule has 48 heavy (non-hydrogen) atoms. The van der Waals surface area contributed by atoms with Gasteiger partial charge in [0.2, 0.25) is 11.8 Å². The van der Waals surface area contributed by atoms with Crippen molar-refractivity contribution < 1.29 is 27.7 Å². The summed E-state index contributed by atoms with van der Waals surface area (Å²) in [6.07, 6.45) is 0.128. The van der Waals surface area contributed by atoms with Gasteiger partial charge in [-0.15, -0.1) is 0 Å². The summed E-state index contributed by atoms with van der Waals surface area (Å²) in [6.45, 7) is 2.65. The Kier molecular flexibility index (Phi) is 12.0. The molecule has 14 heteroatoms. The fraction of sp³-hybridized carbons (Fsp3) is 0.235. The topological polar surface area (TPSA) is 139 Å². The Morgan fingerprint density at radius 2 is 1.60 bits per heavy atom. The van der Waals surface area contributed by atoms with Crippen molar-refractivity contribution in [3.8, 4) is 5.75 Å². The number of amides is 2. The Labute approximate surface area is 289 Å². The van der Waals surface area contributed by atoms with Gasteiger partial charge in [-0.2, -0.15) is 0 Å². The molecule has 4 aromatic rings. The molecule has 4 aromatic carbocycles. The first kappa shape index (κ1) is 36.2. The van der Waals surface area contributed by atoms with Gasteiger partial charge in [-0.3, -0.25) is 24.0 Å². The Balaban J connectivity index is 1.88. The number of ether oxygens (including phenoxy) is 1. The lowest BCUT2D eigenvalue weighted by molar-refractivity contribution is -0.385. The molecule has 0 unspecified atom stereocenters. The highest BCUT2D eigenvalue weighted by Crippen LogP contribution is 2.36. The van der Waals surface area contributed by atoms with E-state index < -0.39 is 49.9 Å². The van der Waals surface area contributed by atoms with Crippen molar-refractivity contribution in [1.29, 1.82) is 0 Å². The van der Waals surface area contributed by atoms with E-state index in [9.17, 15) is 28.1 Å². The molecule has 1 N–H and O–H groups in total. The van der Waals surface area contributed by atoms with Crippen LogP contribution >= 0.6 is 23.2 Å². The minimum Gasteiger partial charge on any atom is -0.495 e. The van der Waals surface area contributed by atoms with Crippen LogP contribution in [-0.4, -0.2) is 56.3 Å². The van der Waals surface area contributed by atoms with Crippen molar-refractivity contribution in [1.82, 2.24) is 10.2 Å². The maximum absolute atomic E-state index is 14.6. The molecule has 0 bridgehead atoms. The zero-order chi connectivity index (χ0) is 35.0. The number of methoxy groups -OCH3 is 1. The first-order valence-corrected chi connectivity index (χ1v) is 17.0. The Morgan fingerprint density at radius 1 is 0.938 bits per heavy atom. The molecule has 0 spiro atoms. The number of carbonyl (C=O) groups is 2. The predicted octanol–water partition coefficient (Wildman–Crippen LogP) is 6.19. The summed E-state index contributed by atoms with van der Waals surface area (Å²) in [4.78, 5) is 40.1. The molecule has 11 nitrogen and oxygen atoms in total. The molecule has 0 fully saturated rings. The molecule has 252 valence electrons. The zero-order valence-corrected chi connectivity index (χ0v) is 28.8. The largest absolute Gasteiger partial charge is 0.495 e. The summed E-state index contributed by atoms with van der Waals surface area (Å²) in [7, 11) is -3.35. The summed E-state index contributed by atoms with van der Waals surface area (Å²) in [6, 6.07) is 22.5. The highest BCUT2D eigenvalue weighted by Gasteiger charge is 2.36. The molecular weight excluding hydrogens is 679 g/mol. The minimum absolute atomic E-state index is 0.0682. The Morgan fingerprint density at radius 3 is 2.23 bits per heavy atom. The van der Waals surface area contributed by atoms with E-state index in [0.717, 1.165) is 15.9 Å². The molecule has 0 saturated carbocycles. The molecular formula is C34H34Cl2N4O7S. The normalized spacial score (nSPS) is 11.8. The molecule has 0 aliphatic carbocycles. The summed E-state index contributed by atoms with van der Waals surface area (Å²) in [5.74, 6) is -1.09. The number of nitro groups is 1. The van der Waals surface area contributed by atoms with Crippen molar-refractivity contribution in [2.24, 2.45) is 0 Å². The average molecular weight is 714 g/mol. The van der Waals surface area contributed by atoms with E-state index in [0.29, 0.717) is 17.1 Å². The van der Waals surface area contributed by atoms with Crippen LogP contribution in [0.15, 0.2) is 95.9 Å². The van der Waals surface area contributed by atoms with Gasteiger partial charge in [-0.25, -0.2) is 8.42 Å². The number of nitrogens with zero attached hydrogens (tertiary/aromatic N) is 3. The minimum atomic E-state index is -4.67. The molecule has 2 amide bonds. The second kappa shape index (κ2) is 16.0. The highest BCUT2D eigenvalue weighted by atomic mass is 35.5. The fourth-order valence-electron chi connectivity index (χ4n) is 5.08. The van der Waals surface area contributed by atoms with Gasteiger partial charge in [0.15, 0.2) is 0 Å². The standard InChI is InChI=1S/C34H34Cl2N4O7S/c1-4-37-34(42)31(18-24-8-6-5-7-9-24)38(21-25-11-13-26(35)14-12-25)33(41)22-39(30-19-27(36)15-17-32(30)47-3)48(45,46)28-16-10-23(2)29(20-28)40(43)44/h5-17,19-20,31H,4,18,21-22H2,1-3H3,(H,37,42)/t31-/m1/s1. The summed E-state index contributed by atoms with van der Waals surface area (Å²) in [5, 5.41) is 15.2. The number of carbonyl (C=O) groups excluding carboxylic acids is 2. The first-order valence-electron chi connectivity index (χ1n) is 14.8. The summed E-state index contributed by atoms with van der Waals surface area (Å²) >= 11 is 12.4. The van der Waals surface area contributed by atoms with Crippen molar-refractivity contribution in [2.45, 2.75) is 37.8 Å². The first-order chi connectivity index (χ1) is 22.8. The summed E-state index contributed by atoms with van der Waals surface area (Å²) < 4.78 is 35.0. The van der Waals surface area contributed by atoms with E-state index >= 15 is 0 Å². The molecule has 1 atom stereocenters. The number of likely N-dealkylation sites (N-methyl/N-ethyl adjacent to an activating group) is 1. The number of halogens is 2. The van der Waals surface area contributed by atoms with Gasteiger partial charge in [-0.05, 0) is 61.4 Å². The third-order valence-electron chi connectivity index (χ3n) is 7.54. The maximum atomic E-state index is 14.6. The lowest BCUT2D eigenvalue weighted by Crippen LogP contribution is -2.53. The zero-order valence-electron chi connectivity index (χ0n) is 26.4. The predicted molar refractivity (Wildman–Crippen MR) is 185 cm³/mol. The lowest BCUT2D eigenvalue weighted by Gasteiger charge is -2.34. The van der Waals surface area contributed by atoms with E-state index in [1.54, 1.807) is 31.2 Å². The van der Waals surface area contributed by atoms with E-state index in [1.165, 1.54) is 49.3 Å². The molecule has 0 aliphatic heterocycles. The number of nitro benzene ring substituents is 1. The van der Waals surface area contributed by atoms with E-state index in [1.807, 2.05) is 30.3 Å². The van der Waals surface area contributed by atoms with Crippen molar-refractivity contribution in [3.63, 3.8) is 0 Å². The van der Waals surface area contributed by atoms with Crippen LogP contribution in [0.4, 0.5) is 11.4 Å². The lowest BCUT2D eigenvalue weighted by atomic mass is 10.0. The SMILES string of the molecule is CCNC(=O)[C@@H](Cc1ccccc1)N(Cc1ccc(Cl)cc1)C(=O)CN(c1cc(Cl)ccc1OC)S(=O)(=O)c1ccc(C)c([N+](=O)[O-])c1. The van der Waals surface area contributed by atoms with Crippen LogP contribution in [-0.2, 0) is 32.6 Å². The number of hydrogen-bond donors (Lipinski definition) is 1. The molecule has 0 heterocycles. The van der Waals surface area contributed by atoms with E-state index in [2.05, 4.69) is 5.32 Å². The fourth-order valence-corrected chi connectivity index (χ4v) is 6.81. The van der Waals surface area contributed by atoms with E-state index in [4.69, 9.17) is 27.9 Å². The van der Waals surface area contributed by atoms with Crippen molar-refractivity contribution in [2.75, 3.05) is 24.5 Å². The second-order valence-electron chi connectivity index (χ2n) is 10.8. The third-order valence-corrected chi connectivity index (χ3v) is 9.78. The van der Waals surface area contributed by atoms with Crippen LogP contribution in [0.2, 0.25) is 10.0 Å². The van der Waals surface area contributed by atoms with Gasteiger partial charge in [0, 0.05) is 41.2 Å². The van der Waals surface area contributed by atoms with Crippen LogP contribution < -0.4 is 14.4 Å². The third kappa shape index (κ3) is 8.62. The van der Waals surface area contributed by atoms with Gasteiger partial charge in [0.1, 0.15) is 18.3 Å². The van der Waals surface area contributed by atoms with Gasteiger partial charge in [-0.1, -0.05) is 71.7 Å². The van der Waals surface area contributed by atoms with Gasteiger partial charge in [0.05, 0.1) is 22.6 Å². The van der Waals surface area contributed by atoms with Crippen LogP contribution in [0.1, 0.15) is 23.6 Å². The molecule has 4 rings (SSSR count). The Hall–Kier alpha value is -4.65. The van der Waals surface area contributed by atoms with E-state index in [-0.39, 0.29) is 35.0 Å². The Bertz CT molecular complexity index is 1890. The van der Waals surface area contributed by atoms with Crippen LogP contribution in [0.25, 0.3) is 0 Å². The quantitative estimate of drug-likeness (QED) is 0.122. The van der Waals surface area contributed by atoms with Crippen LogP contribution in [0.3, 0.4) is 0 Å². The average Bonchev–Trinajstić information content (AvgIpc) is 3.06. The summed E-state index contributed by atoms with van der Waals surface area (Å²) in [5.41, 5.74) is 1.17. The number of hydrogen-bond acceptors (Lipinski definition) is 7. The number of sulfonamides is 1. The number of nitrogens with one attached hydrogen (secondary N) is 1. The molecule has 0 aromatic heterocycles. The molecule has 0 radical (unpaired) electrons. The number of aryl methyl sites for hydroxylation is 1. The highest BCUT2D eigenvalue weighted by molar-refractivity contribution is 7.92. The smallest absolute Gasteiger partial charge is 0.273 e. The maximum Gasteiger partial charge on any atom is 0.273 e. The van der Waals surface area contributed by atoms with Gasteiger partial charge in [0.25, 0.3) is 15.7 Å². The van der Waals surface area contributed by atoms with Crippen LogP contribution in [0, 0.1) is 17.0 Å². The van der Waals surface area contributed by atoms with Crippen molar-refractivity contribution in [3.05, 3.63) is 128 Å². The van der Waals surface area contributed by atoms with Gasteiger partial charge < -0.3 is 15.0 Å². The second-order valence-corrected chi connectivity index (χ2v) is 13.5. The van der Waals surface area contributed by atoms with Gasteiger partial charge >= 0.3 is 0 Å². The number of anilines is 1.